The number of carbonyl (C=O) groups excluding carboxylic acids is 2. The molecule has 9 heteroatoms. The third-order valence-corrected chi connectivity index (χ3v) is 7.80. The molecule has 1 saturated carbocycles. The van der Waals surface area contributed by atoms with Gasteiger partial charge in [0, 0.05) is 25.4 Å². The summed E-state index contributed by atoms with van der Waals surface area (Å²) in [6.45, 7) is 2.17. The smallest absolute Gasteiger partial charge is 0.407 e. The van der Waals surface area contributed by atoms with Crippen LogP contribution >= 0.6 is 11.5 Å². The molecule has 1 aromatic heterocycles. The number of carboxylic acids is 1. The second-order valence-electron chi connectivity index (χ2n) is 8.96. The molecule has 180 valence electrons. The highest BCUT2D eigenvalue weighted by atomic mass is 32.1. The zero-order chi connectivity index (χ0) is 24.7. The fourth-order valence-corrected chi connectivity index (χ4v) is 5.67. The van der Waals surface area contributed by atoms with E-state index in [0.717, 1.165) is 22.7 Å². The number of nitrogens with zero attached hydrogens (tertiary/aromatic N) is 2. The number of carbonyl (C=O) groups is 3. The third-order valence-electron chi connectivity index (χ3n) is 6.79. The number of fused-ring (bicyclic) bond motifs is 3. The van der Waals surface area contributed by atoms with Crippen molar-refractivity contribution in [2.45, 2.75) is 19.3 Å². The maximum absolute atomic E-state index is 12.8. The van der Waals surface area contributed by atoms with Crippen LogP contribution in [0.1, 0.15) is 39.5 Å². The van der Waals surface area contributed by atoms with Gasteiger partial charge in [-0.3, -0.25) is 4.79 Å². The average molecular weight is 492 g/mol. The average Bonchev–Trinajstić information content (AvgIpc) is 3.42. The standard InChI is InChI=1S/C26H25N3O5S/c1-14-22(25(31)32)24(35-28-14)29(2)23(30)20-11-15(20)12-27-26(33)34-13-21-18-9-5-3-7-16(18)17-8-4-6-10-19(17)21/h3-10,15,20-21H,11-13H2,1-2H3,(H,27,33)(H,31,32). The Bertz CT molecular complexity index is 1270. The first-order valence-electron chi connectivity index (χ1n) is 11.4. The van der Waals surface area contributed by atoms with Crippen molar-refractivity contribution in [1.82, 2.24) is 9.69 Å². The maximum Gasteiger partial charge on any atom is 0.407 e. The first-order chi connectivity index (χ1) is 16.9. The van der Waals surface area contributed by atoms with Gasteiger partial charge in [0.2, 0.25) is 5.91 Å². The largest absolute Gasteiger partial charge is 0.478 e. The molecule has 0 aliphatic heterocycles. The minimum atomic E-state index is -1.10. The Morgan fingerprint density at radius 3 is 2.37 bits per heavy atom. The molecule has 0 saturated heterocycles. The number of aromatic nitrogens is 1. The van der Waals surface area contributed by atoms with Crippen molar-refractivity contribution in [2.24, 2.45) is 11.8 Å². The van der Waals surface area contributed by atoms with Crippen molar-refractivity contribution >= 4 is 34.5 Å². The number of anilines is 1. The number of aromatic carboxylic acids is 1. The van der Waals surface area contributed by atoms with Crippen LogP contribution in [0.3, 0.4) is 0 Å². The van der Waals surface area contributed by atoms with Crippen LogP contribution in [0.5, 0.6) is 0 Å². The summed E-state index contributed by atoms with van der Waals surface area (Å²) in [5.41, 5.74) is 5.08. The second kappa shape index (κ2) is 9.14. The number of hydrogen-bond donors (Lipinski definition) is 2. The number of alkyl carbamates (subject to hydrolysis) is 1. The second-order valence-corrected chi connectivity index (χ2v) is 9.71. The van der Waals surface area contributed by atoms with Crippen molar-refractivity contribution in [3.8, 4) is 11.1 Å². The molecule has 2 aliphatic rings. The summed E-state index contributed by atoms with van der Waals surface area (Å²) in [7, 11) is 1.57. The Hall–Kier alpha value is -3.72. The van der Waals surface area contributed by atoms with Gasteiger partial charge in [0.25, 0.3) is 0 Å². The summed E-state index contributed by atoms with van der Waals surface area (Å²) in [6.07, 6.45) is 0.122. The first kappa shape index (κ1) is 23.0. The molecule has 0 bridgehead atoms. The van der Waals surface area contributed by atoms with E-state index in [4.69, 9.17) is 4.74 Å². The van der Waals surface area contributed by atoms with Gasteiger partial charge in [0.15, 0.2) is 0 Å². The molecule has 2 unspecified atom stereocenters. The van der Waals surface area contributed by atoms with Crippen molar-refractivity contribution < 1.29 is 24.2 Å². The zero-order valence-corrected chi connectivity index (χ0v) is 20.2. The van der Waals surface area contributed by atoms with Gasteiger partial charge in [0.05, 0.1) is 5.69 Å². The normalized spacial score (nSPS) is 17.9. The quantitative estimate of drug-likeness (QED) is 0.511. The summed E-state index contributed by atoms with van der Waals surface area (Å²) >= 11 is 0.999. The van der Waals surface area contributed by atoms with Gasteiger partial charge < -0.3 is 20.1 Å². The molecule has 1 heterocycles. The summed E-state index contributed by atoms with van der Waals surface area (Å²) in [5.74, 6) is -1.56. The Kier molecular flexibility index (Phi) is 6.02. The van der Waals surface area contributed by atoms with E-state index < -0.39 is 12.1 Å². The predicted molar refractivity (Wildman–Crippen MR) is 132 cm³/mol. The minimum Gasteiger partial charge on any atom is -0.478 e. The van der Waals surface area contributed by atoms with Crippen LogP contribution in [0.25, 0.3) is 11.1 Å². The molecule has 8 nitrogen and oxygen atoms in total. The van der Waals surface area contributed by atoms with Crippen LogP contribution in [0.15, 0.2) is 48.5 Å². The minimum absolute atomic E-state index is 0.00673. The van der Waals surface area contributed by atoms with Crippen LogP contribution in [-0.2, 0) is 9.53 Å². The van der Waals surface area contributed by atoms with Gasteiger partial charge in [-0.15, -0.1) is 0 Å². The van der Waals surface area contributed by atoms with Crippen LogP contribution in [0.2, 0.25) is 0 Å². The Morgan fingerprint density at radius 2 is 1.74 bits per heavy atom. The molecule has 0 spiro atoms. The number of hydrogen-bond acceptors (Lipinski definition) is 6. The van der Waals surface area contributed by atoms with Crippen LogP contribution in [-0.4, -0.2) is 47.6 Å². The van der Waals surface area contributed by atoms with Crippen molar-refractivity contribution in [3.05, 3.63) is 70.9 Å². The Labute approximate surface area is 206 Å². The van der Waals surface area contributed by atoms with Gasteiger partial charge in [-0.05, 0) is 53.0 Å². The zero-order valence-electron chi connectivity index (χ0n) is 19.4. The highest BCUT2D eigenvalue weighted by Gasteiger charge is 2.45. The first-order valence-corrected chi connectivity index (χ1v) is 12.2. The lowest BCUT2D eigenvalue weighted by atomic mass is 9.98. The lowest BCUT2D eigenvalue weighted by Crippen LogP contribution is -2.31. The fraction of sp³-hybridized carbons (Fsp3) is 0.308. The predicted octanol–water partition coefficient (Wildman–Crippen LogP) is 4.29. The molecule has 5 rings (SSSR count). The SMILES string of the molecule is Cc1nsc(N(C)C(=O)C2CC2CNC(=O)OCC2c3ccccc3-c3ccccc32)c1C(=O)O. The molecule has 2 aliphatic carbocycles. The topological polar surface area (TPSA) is 109 Å². The molecule has 2 atom stereocenters. The van der Waals surface area contributed by atoms with Crippen LogP contribution < -0.4 is 10.2 Å². The van der Waals surface area contributed by atoms with Crippen molar-refractivity contribution in [3.63, 3.8) is 0 Å². The number of benzene rings is 2. The van der Waals surface area contributed by atoms with Crippen molar-refractivity contribution in [2.75, 3.05) is 25.1 Å². The van der Waals surface area contributed by atoms with Gasteiger partial charge >= 0.3 is 12.1 Å². The fourth-order valence-electron chi connectivity index (χ4n) is 4.82. The van der Waals surface area contributed by atoms with E-state index in [1.165, 1.54) is 16.0 Å². The third kappa shape index (κ3) is 4.27. The molecule has 2 aromatic carbocycles. The van der Waals surface area contributed by atoms with Gasteiger partial charge in [-0.25, -0.2) is 9.59 Å². The van der Waals surface area contributed by atoms with Crippen molar-refractivity contribution in [1.29, 1.82) is 0 Å². The molecule has 1 fully saturated rings. The highest BCUT2D eigenvalue weighted by molar-refractivity contribution is 7.11. The van der Waals surface area contributed by atoms with E-state index >= 15 is 0 Å². The van der Waals surface area contributed by atoms with Crippen LogP contribution in [0, 0.1) is 18.8 Å². The lowest BCUT2D eigenvalue weighted by molar-refractivity contribution is -0.119. The molecule has 35 heavy (non-hydrogen) atoms. The lowest BCUT2D eigenvalue weighted by Gasteiger charge is -2.16. The van der Waals surface area contributed by atoms with E-state index in [1.807, 2.05) is 24.3 Å². The molecule has 0 radical (unpaired) electrons. The Balaban J connectivity index is 1.14. The number of amides is 2. The number of aryl methyl sites for hydroxylation is 1. The monoisotopic (exact) mass is 491 g/mol. The van der Waals surface area contributed by atoms with Gasteiger partial charge in [-0.2, -0.15) is 4.37 Å². The number of rotatable bonds is 7. The number of nitrogens with one attached hydrogen (secondary N) is 1. The summed E-state index contributed by atoms with van der Waals surface area (Å²) in [6, 6.07) is 16.3. The number of carboxylic acid groups (broad SMARTS) is 1. The van der Waals surface area contributed by atoms with E-state index in [2.05, 4.69) is 34.0 Å². The maximum atomic E-state index is 12.8. The molecule has 3 aromatic rings. The van der Waals surface area contributed by atoms with Gasteiger partial charge in [0.1, 0.15) is 17.2 Å². The van der Waals surface area contributed by atoms with E-state index in [-0.39, 0.29) is 35.8 Å². The molecule has 2 N–H and O–H groups in total. The summed E-state index contributed by atoms with van der Waals surface area (Å²) in [5, 5.41) is 12.5. The Morgan fingerprint density at radius 1 is 1.11 bits per heavy atom. The van der Waals surface area contributed by atoms with Gasteiger partial charge in [-0.1, -0.05) is 48.5 Å². The number of ether oxygens (including phenoxy) is 1. The molecular weight excluding hydrogens is 466 g/mol. The van der Waals surface area contributed by atoms with E-state index in [1.54, 1.807) is 14.0 Å². The highest BCUT2D eigenvalue weighted by Crippen LogP contribution is 2.44. The molecular formula is C26H25N3O5S. The van der Waals surface area contributed by atoms with Crippen LogP contribution in [0.4, 0.5) is 9.80 Å². The van der Waals surface area contributed by atoms with E-state index in [0.29, 0.717) is 23.7 Å². The van der Waals surface area contributed by atoms with E-state index in [9.17, 15) is 19.5 Å². The summed E-state index contributed by atoms with van der Waals surface area (Å²) < 4.78 is 9.63. The molecule has 2 amide bonds. The summed E-state index contributed by atoms with van der Waals surface area (Å²) in [4.78, 5) is 38.1.